The Morgan fingerprint density at radius 3 is 0.663 bits per heavy atom. The van der Waals surface area contributed by atoms with Gasteiger partial charge in [-0.05, 0) is 25.7 Å². The Kier molecular flexibility index (Phi) is 63.3. The minimum Gasteiger partial charge on any atom is -0.462 e. The molecule has 0 heterocycles. The Morgan fingerprint density at radius 1 is 0.270 bits per heavy atom. The van der Waals surface area contributed by atoms with E-state index < -0.39 is 97.5 Å². The van der Waals surface area contributed by atoms with E-state index in [4.69, 9.17) is 37.0 Å². The monoisotopic (exact) mass is 1310 g/mol. The van der Waals surface area contributed by atoms with Crippen LogP contribution in [-0.4, -0.2) is 96.7 Å². The highest BCUT2D eigenvalue weighted by Gasteiger charge is 2.30. The Balaban J connectivity index is 5.22. The molecule has 0 aromatic heterocycles. The molecule has 0 saturated heterocycles. The van der Waals surface area contributed by atoms with Crippen molar-refractivity contribution in [3.63, 3.8) is 0 Å². The average molecular weight is 1310 g/mol. The zero-order chi connectivity index (χ0) is 65.4. The van der Waals surface area contributed by atoms with Crippen molar-refractivity contribution in [2.45, 2.75) is 386 Å². The van der Waals surface area contributed by atoms with E-state index >= 15 is 0 Å². The van der Waals surface area contributed by atoms with Gasteiger partial charge in [0, 0.05) is 25.7 Å². The van der Waals surface area contributed by atoms with Crippen LogP contribution >= 0.6 is 15.6 Å². The van der Waals surface area contributed by atoms with E-state index in [1.807, 2.05) is 0 Å². The summed E-state index contributed by atoms with van der Waals surface area (Å²) >= 11 is 0. The number of rotatable bonds is 71. The lowest BCUT2D eigenvalue weighted by Crippen LogP contribution is -2.30. The van der Waals surface area contributed by atoms with Crippen molar-refractivity contribution >= 4 is 39.5 Å². The molecule has 0 aliphatic rings. The molecule has 0 aromatic rings. The van der Waals surface area contributed by atoms with Gasteiger partial charge in [0.15, 0.2) is 12.2 Å². The topological polar surface area (TPSA) is 237 Å². The molecular formula is C70H136O17P2. The molecule has 0 fully saturated rings. The second-order valence-corrected chi connectivity index (χ2v) is 28.2. The molecule has 3 N–H and O–H groups in total. The van der Waals surface area contributed by atoms with Crippen LogP contribution < -0.4 is 0 Å². The maximum absolute atomic E-state index is 13.0. The van der Waals surface area contributed by atoms with Crippen LogP contribution in [0.2, 0.25) is 0 Å². The zero-order valence-corrected chi connectivity index (χ0v) is 59.2. The van der Waals surface area contributed by atoms with Gasteiger partial charge in [-0.25, -0.2) is 9.13 Å². The smallest absolute Gasteiger partial charge is 0.462 e. The molecule has 0 aliphatic carbocycles. The third-order valence-corrected chi connectivity index (χ3v) is 18.3. The number of esters is 4. The molecule has 17 nitrogen and oxygen atoms in total. The van der Waals surface area contributed by atoms with Crippen LogP contribution in [0.4, 0.5) is 0 Å². The number of unbranched alkanes of at least 4 members (excludes halogenated alkanes) is 45. The molecule has 0 radical (unpaired) electrons. The molecule has 19 heteroatoms. The maximum atomic E-state index is 13.0. The predicted molar refractivity (Wildman–Crippen MR) is 359 cm³/mol. The summed E-state index contributed by atoms with van der Waals surface area (Å²) < 4.78 is 68.3. The first kappa shape index (κ1) is 87.1. The minimum atomic E-state index is -4.95. The van der Waals surface area contributed by atoms with Crippen molar-refractivity contribution in [2.24, 2.45) is 0 Å². The van der Waals surface area contributed by atoms with Crippen LogP contribution in [0.25, 0.3) is 0 Å². The van der Waals surface area contributed by atoms with Gasteiger partial charge < -0.3 is 33.8 Å². The van der Waals surface area contributed by atoms with Crippen molar-refractivity contribution in [1.82, 2.24) is 0 Å². The summed E-state index contributed by atoms with van der Waals surface area (Å²) in [5, 5.41) is 10.6. The summed E-state index contributed by atoms with van der Waals surface area (Å²) in [5.41, 5.74) is 0. The number of phosphoric ester groups is 2. The molecule has 0 bridgehead atoms. The summed E-state index contributed by atoms with van der Waals surface area (Å²) in [6, 6.07) is 0. The minimum absolute atomic E-state index is 0.108. The van der Waals surface area contributed by atoms with E-state index in [0.29, 0.717) is 25.7 Å². The van der Waals surface area contributed by atoms with Gasteiger partial charge in [0.05, 0.1) is 26.4 Å². The number of phosphoric acid groups is 2. The van der Waals surface area contributed by atoms with Crippen molar-refractivity contribution in [3.05, 3.63) is 0 Å². The summed E-state index contributed by atoms with van der Waals surface area (Å²) in [6.07, 6.45) is 52.5. The molecule has 528 valence electrons. The molecule has 0 rings (SSSR count). The number of aliphatic hydroxyl groups is 1. The van der Waals surface area contributed by atoms with E-state index in [0.717, 1.165) is 89.9 Å². The number of hydrogen-bond donors (Lipinski definition) is 3. The normalized spacial score (nSPS) is 14.0. The fourth-order valence-electron chi connectivity index (χ4n) is 10.7. The molecule has 5 atom stereocenters. The quantitative estimate of drug-likeness (QED) is 0.0222. The Morgan fingerprint density at radius 2 is 0.449 bits per heavy atom. The van der Waals surface area contributed by atoms with Gasteiger partial charge in [-0.2, -0.15) is 0 Å². The second kappa shape index (κ2) is 64.8. The van der Waals surface area contributed by atoms with Gasteiger partial charge in [-0.3, -0.25) is 37.3 Å². The van der Waals surface area contributed by atoms with Crippen LogP contribution in [0, 0.1) is 0 Å². The SMILES string of the molecule is CCCCCCCCCCCCCCCCCCC(=O)O[C@H](COC(=O)CCCCCCCCCCCCCC)COP(=O)(O)OC[C@@H](O)COP(=O)(O)OC[C@@H](COC(=O)CCCCCCCCCCC)OC(=O)CCCCCCCCCCCCCC. The molecule has 0 saturated carbocycles. The van der Waals surface area contributed by atoms with Crippen LogP contribution in [0.1, 0.15) is 368 Å². The maximum Gasteiger partial charge on any atom is 0.472 e. The van der Waals surface area contributed by atoms with Crippen molar-refractivity contribution in [3.8, 4) is 0 Å². The number of carbonyl (C=O) groups is 4. The van der Waals surface area contributed by atoms with Gasteiger partial charge in [0.25, 0.3) is 0 Å². The van der Waals surface area contributed by atoms with Gasteiger partial charge in [-0.1, -0.05) is 317 Å². The fourth-order valence-corrected chi connectivity index (χ4v) is 12.3. The number of aliphatic hydroxyl groups excluding tert-OH is 1. The van der Waals surface area contributed by atoms with Gasteiger partial charge in [0.1, 0.15) is 19.3 Å². The largest absolute Gasteiger partial charge is 0.472 e. The first-order valence-corrected chi connectivity index (χ1v) is 39.8. The van der Waals surface area contributed by atoms with Gasteiger partial charge >= 0.3 is 39.5 Å². The average Bonchev–Trinajstić information content (AvgIpc) is 3.71. The van der Waals surface area contributed by atoms with Crippen LogP contribution in [0.15, 0.2) is 0 Å². The first-order valence-electron chi connectivity index (χ1n) is 36.8. The molecule has 0 aliphatic heterocycles. The number of carbonyl (C=O) groups excluding carboxylic acids is 4. The van der Waals surface area contributed by atoms with E-state index in [9.17, 15) is 43.2 Å². The molecule has 89 heavy (non-hydrogen) atoms. The second-order valence-electron chi connectivity index (χ2n) is 25.3. The Bertz CT molecular complexity index is 1710. The first-order chi connectivity index (χ1) is 43.2. The standard InChI is InChI=1S/C70H136O17P2/c1-5-9-13-17-21-25-28-31-32-33-34-37-41-45-49-53-57-70(75)87-66(61-81-68(73)55-51-47-43-39-35-29-26-22-18-14-10-6-2)63-85-89(78,79)83-59-64(71)58-82-88(76,77)84-62-65(60-80-67(72)54-50-46-42-38-24-20-16-12-8-4)86-69(74)56-52-48-44-40-36-30-27-23-19-15-11-7-3/h64-66,71H,5-63H2,1-4H3,(H,76,77)(H,78,79)/t64-,65+,66+/m0/s1. The van der Waals surface area contributed by atoms with E-state index in [2.05, 4.69) is 27.7 Å². The summed E-state index contributed by atoms with van der Waals surface area (Å²) in [6.45, 7) is 4.94. The number of ether oxygens (including phenoxy) is 4. The van der Waals surface area contributed by atoms with Gasteiger partial charge in [0.2, 0.25) is 0 Å². The van der Waals surface area contributed by atoms with Crippen LogP contribution in [0.5, 0.6) is 0 Å². The molecule has 0 spiro atoms. The Hall–Kier alpha value is -1.94. The highest BCUT2D eigenvalue weighted by Crippen LogP contribution is 2.45. The zero-order valence-electron chi connectivity index (χ0n) is 57.4. The number of hydrogen-bond acceptors (Lipinski definition) is 15. The highest BCUT2D eigenvalue weighted by atomic mass is 31.2. The Labute approximate surface area is 543 Å². The summed E-state index contributed by atoms with van der Waals surface area (Å²) in [4.78, 5) is 72.5. The molecule has 2 unspecified atom stereocenters. The van der Waals surface area contributed by atoms with E-state index in [1.54, 1.807) is 0 Å². The molecular weight excluding hydrogens is 1170 g/mol. The fraction of sp³-hybridized carbons (Fsp3) is 0.943. The van der Waals surface area contributed by atoms with Gasteiger partial charge in [-0.15, -0.1) is 0 Å². The predicted octanol–water partition coefficient (Wildman–Crippen LogP) is 20.3. The van der Waals surface area contributed by atoms with E-state index in [-0.39, 0.29) is 25.7 Å². The molecule has 0 aromatic carbocycles. The summed E-state index contributed by atoms with van der Waals surface area (Å²) in [5.74, 6) is -2.12. The van der Waals surface area contributed by atoms with E-state index in [1.165, 1.54) is 199 Å². The highest BCUT2D eigenvalue weighted by molar-refractivity contribution is 7.47. The third kappa shape index (κ3) is 64.6. The molecule has 0 amide bonds. The van der Waals surface area contributed by atoms with Crippen molar-refractivity contribution in [2.75, 3.05) is 39.6 Å². The lowest BCUT2D eigenvalue weighted by Gasteiger charge is -2.21. The van der Waals surface area contributed by atoms with Crippen LogP contribution in [-0.2, 0) is 65.4 Å². The lowest BCUT2D eigenvalue weighted by atomic mass is 10.0. The van der Waals surface area contributed by atoms with Crippen molar-refractivity contribution in [1.29, 1.82) is 0 Å². The third-order valence-electron chi connectivity index (χ3n) is 16.4. The lowest BCUT2D eigenvalue weighted by molar-refractivity contribution is -0.161. The summed E-state index contributed by atoms with van der Waals surface area (Å²) in [7, 11) is -9.89. The van der Waals surface area contributed by atoms with Crippen LogP contribution in [0.3, 0.4) is 0 Å². The van der Waals surface area contributed by atoms with Crippen molar-refractivity contribution < 1.29 is 80.2 Å².